The maximum Gasteiger partial charge on any atom is 0.200 e. The summed E-state index contributed by atoms with van der Waals surface area (Å²) in [6.45, 7) is 5.12. The largest absolute Gasteiger partial charge is 0.491 e. The van der Waals surface area contributed by atoms with E-state index in [9.17, 15) is 8.78 Å². The Balaban J connectivity index is 1.51. The lowest BCUT2D eigenvalue weighted by Crippen LogP contribution is -2.31. The zero-order chi connectivity index (χ0) is 19.9. The van der Waals surface area contributed by atoms with Crippen LogP contribution in [0.5, 0.6) is 5.75 Å². The number of rotatable bonds is 7. The summed E-state index contributed by atoms with van der Waals surface area (Å²) in [7, 11) is 0. The van der Waals surface area contributed by atoms with Crippen molar-refractivity contribution >= 4 is 0 Å². The standard InChI is InChI=1S/C24H34F2O2/c1-3-5-6-7-20-13-12-19(16-28-20)17-8-10-18(11-9-17)21-14-15-22(27-4-2)24(26)23(21)25/h6-7,14-15,17-20H,3-5,8-13,16H2,1-2H3. The van der Waals surface area contributed by atoms with Crippen LogP contribution in [0.3, 0.4) is 0 Å². The molecule has 156 valence electrons. The minimum atomic E-state index is -0.843. The molecule has 1 aliphatic carbocycles. The summed E-state index contributed by atoms with van der Waals surface area (Å²) in [5, 5.41) is 0. The summed E-state index contributed by atoms with van der Waals surface area (Å²) in [6.07, 6.45) is 13.3. The Morgan fingerprint density at radius 2 is 1.75 bits per heavy atom. The summed E-state index contributed by atoms with van der Waals surface area (Å²) >= 11 is 0. The van der Waals surface area contributed by atoms with Gasteiger partial charge in [-0.15, -0.1) is 0 Å². The number of ether oxygens (including phenoxy) is 2. The van der Waals surface area contributed by atoms with E-state index in [1.807, 2.05) is 0 Å². The molecule has 2 fully saturated rings. The highest BCUT2D eigenvalue weighted by molar-refractivity contribution is 5.33. The number of benzene rings is 1. The average molecular weight is 393 g/mol. The van der Waals surface area contributed by atoms with Gasteiger partial charge in [-0.05, 0) is 81.3 Å². The summed E-state index contributed by atoms with van der Waals surface area (Å²) in [5.74, 6) is -0.192. The normalized spacial score (nSPS) is 28.6. The van der Waals surface area contributed by atoms with Gasteiger partial charge in [-0.3, -0.25) is 0 Å². The molecule has 1 saturated carbocycles. The van der Waals surface area contributed by atoms with Crippen molar-refractivity contribution in [1.82, 2.24) is 0 Å². The first-order valence-electron chi connectivity index (χ1n) is 11.0. The fraction of sp³-hybridized carbons (Fsp3) is 0.667. The third kappa shape index (κ3) is 5.14. The van der Waals surface area contributed by atoms with Gasteiger partial charge >= 0.3 is 0 Å². The quantitative estimate of drug-likeness (QED) is 0.476. The molecule has 2 nitrogen and oxygen atoms in total. The Labute approximate surface area is 168 Å². The molecule has 1 aromatic carbocycles. The predicted octanol–water partition coefficient (Wildman–Crippen LogP) is 6.79. The highest BCUT2D eigenvalue weighted by Crippen LogP contribution is 2.42. The Hall–Kier alpha value is -1.42. The van der Waals surface area contributed by atoms with Crippen LogP contribution in [0.25, 0.3) is 0 Å². The summed E-state index contributed by atoms with van der Waals surface area (Å²) in [4.78, 5) is 0. The molecule has 2 unspecified atom stereocenters. The topological polar surface area (TPSA) is 18.5 Å². The number of hydrogen-bond donors (Lipinski definition) is 0. The first-order valence-corrected chi connectivity index (χ1v) is 11.0. The summed E-state index contributed by atoms with van der Waals surface area (Å²) in [6, 6.07) is 3.29. The highest BCUT2D eigenvalue weighted by Gasteiger charge is 2.32. The van der Waals surface area contributed by atoms with Crippen LogP contribution in [0.4, 0.5) is 8.78 Å². The number of halogens is 2. The van der Waals surface area contributed by atoms with Crippen molar-refractivity contribution in [2.45, 2.75) is 77.2 Å². The Morgan fingerprint density at radius 3 is 2.39 bits per heavy atom. The van der Waals surface area contributed by atoms with Gasteiger partial charge in [0.05, 0.1) is 19.3 Å². The minimum Gasteiger partial charge on any atom is -0.491 e. The molecule has 0 N–H and O–H groups in total. The van der Waals surface area contributed by atoms with E-state index in [-0.39, 0.29) is 17.8 Å². The van der Waals surface area contributed by atoms with Crippen LogP contribution in [0, 0.1) is 23.5 Å². The molecule has 4 heteroatoms. The van der Waals surface area contributed by atoms with Gasteiger partial charge in [0.25, 0.3) is 0 Å². The molecule has 2 aliphatic rings. The molecule has 28 heavy (non-hydrogen) atoms. The van der Waals surface area contributed by atoms with Crippen LogP contribution in [0.15, 0.2) is 24.3 Å². The molecule has 2 atom stereocenters. The lowest BCUT2D eigenvalue weighted by atomic mass is 9.72. The molecule has 1 aliphatic heterocycles. The summed E-state index contributed by atoms with van der Waals surface area (Å²) in [5.41, 5.74) is 0.514. The number of allylic oxidation sites excluding steroid dienone is 1. The molecule has 0 aromatic heterocycles. The van der Waals surface area contributed by atoms with Crippen molar-refractivity contribution < 1.29 is 18.3 Å². The predicted molar refractivity (Wildman–Crippen MR) is 109 cm³/mol. The van der Waals surface area contributed by atoms with Gasteiger partial charge in [0, 0.05) is 0 Å². The van der Waals surface area contributed by atoms with E-state index >= 15 is 0 Å². The molecule has 1 saturated heterocycles. The van der Waals surface area contributed by atoms with Gasteiger partial charge in [-0.1, -0.05) is 31.6 Å². The van der Waals surface area contributed by atoms with E-state index in [0.717, 1.165) is 45.1 Å². The van der Waals surface area contributed by atoms with E-state index in [2.05, 4.69) is 19.1 Å². The third-order valence-electron chi connectivity index (χ3n) is 6.41. The van der Waals surface area contributed by atoms with Crippen LogP contribution in [-0.4, -0.2) is 19.3 Å². The Bertz CT molecular complexity index is 642. The smallest absolute Gasteiger partial charge is 0.200 e. The van der Waals surface area contributed by atoms with Crippen LogP contribution >= 0.6 is 0 Å². The van der Waals surface area contributed by atoms with Crippen LogP contribution in [0.1, 0.15) is 76.7 Å². The zero-order valence-electron chi connectivity index (χ0n) is 17.3. The van der Waals surface area contributed by atoms with Gasteiger partial charge in [0.15, 0.2) is 11.6 Å². The lowest BCUT2D eigenvalue weighted by molar-refractivity contribution is -0.0150. The second-order valence-electron chi connectivity index (χ2n) is 8.25. The Kier molecular flexibility index (Phi) is 7.90. The molecular weight excluding hydrogens is 358 g/mol. The third-order valence-corrected chi connectivity index (χ3v) is 6.41. The maximum atomic E-state index is 14.5. The highest BCUT2D eigenvalue weighted by atomic mass is 19.2. The van der Waals surface area contributed by atoms with Gasteiger partial charge in [0.2, 0.25) is 5.82 Å². The lowest BCUT2D eigenvalue weighted by Gasteiger charge is -2.37. The molecule has 0 bridgehead atoms. The molecular formula is C24H34F2O2. The van der Waals surface area contributed by atoms with E-state index in [1.165, 1.54) is 12.8 Å². The molecule has 3 rings (SSSR count). The van der Waals surface area contributed by atoms with Gasteiger partial charge in [-0.2, -0.15) is 4.39 Å². The zero-order valence-corrected chi connectivity index (χ0v) is 17.3. The second-order valence-corrected chi connectivity index (χ2v) is 8.25. The van der Waals surface area contributed by atoms with Crippen LogP contribution < -0.4 is 4.74 Å². The minimum absolute atomic E-state index is 0.0133. The molecule has 0 amide bonds. The van der Waals surface area contributed by atoms with Gasteiger partial charge < -0.3 is 9.47 Å². The molecule has 1 heterocycles. The van der Waals surface area contributed by atoms with Crippen molar-refractivity contribution in [1.29, 1.82) is 0 Å². The van der Waals surface area contributed by atoms with E-state index in [4.69, 9.17) is 9.47 Å². The Morgan fingerprint density at radius 1 is 1.00 bits per heavy atom. The molecule has 0 radical (unpaired) electrons. The first-order chi connectivity index (χ1) is 13.6. The fourth-order valence-corrected chi connectivity index (χ4v) is 4.76. The van der Waals surface area contributed by atoms with Gasteiger partial charge in [0.1, 0.15) is 0 Å². The van der Waals surface area contributed by atoms with Crippen molar-refractivity contribution in [3.63, 3.8) is 0 Å². The number of hydrogen-bond acceptors (Lipinski definition) is 2. The van der Waals surface area contributed by atoms with Gasteiger partial charge in [-0.25, -0.2) is 4.39 Å². The van der Waals surface area contributed by atoms with Crippen molar-refractivity contribution in [3.05, 3.63) is 41.5 Å². The van der Waals surface area contributed by atoms with E-state index in [1.54, 1.807) is 19.1 Å². The maximum absolute atomic E-state index is 14.5. The van der Waals surface area contributed by atoms with Crippen molar-refractivity contribution in [3.8, 4) is 5.75 Å². The molecule has 1 aromatic rings. The van der Waals surface area contributed by atoms with E-state index < -0.39 is 11.6 Å². The second kappa shape index (κ2) is 10.4. The van der Waals surface area contributed by atoms with Crippen LogP contribution in [0.2, 0.25) is 0 Å². The monoisotopic (exact) mass is 392 g/mol. The molecule has 0 spiro atoms. The number of unbranched alkanes of at least 4 members (excludes halogenated alkanes) is 1. The average Bonchev–Trinajstić information content (AvgIpc) is 2.73. The SMILES string of the molecule is CCCC=CC1CCC(C2CCC(c3ccc(OCC)c(F)c3F)CC2)CO1. The fourth-order valence-electron chi connectivity index (χ4n) is 4.76. The van der Waals surface area contributed by atoms with Crippen molar-refractivity contribution in [2.24, 2.45) is 11.8 Å². The van der Waals surface area contributed by atoms with Crippen molar-refractivity contribution in [2.75, 3.05) is 13.2 Å². The van der Waals surface area contributed by atoms with Crippen LogP contribution in [-0.2, 0) is 4.74 Å². The van der Waals surface area contributed by atoms with E-state index in [0.29, 0.717) is 24.0 Å². The summed E-state index contributed by atoms with van der Waals surface area (Å²) < 4.78 is 39.9. The first kappa shape index (κ1) is 21.3.